The van der Waals surface area contributed by atoms with E-state index in [1.807, 2.05) is 20.9 Å². The van der Waals surface area contributed by atoms with E-state index in [1.165, 1.54) is 5.56 Å². The van der Waals surface area contributed by atoms with Crippen LogP contribution in [0.4, 0.5) is 5.69 Å². The first-order valence-corrected chi connectivity index (χ1v) is 6.22. The lowest BCUT2D eigenvalue weighted by molar-refractivity contribution is -0.128. The number of hydrazine groups is 1. The first kappa shape index (κ1) is 14.5. The molecule has 4 nitrogen and oxygen atoms in total. The van der Waals surface area contributed by atoms with E-state index in [0.717, 1.165) is 12.1 Å². The lowest BCUT2D eigenvalue weighted by Crippen LogP contribution is -2.46. The second kappa shape index (κ2) is 5.87. The molecule has 0 fully saturated rings. The zero-order valence-corrected chi connectivity index (χ0v) is 11.7. The molecule has 0 atom stereocenters. The van der Waals surface area contributed by atoms with Crippen molar-refractivity contribution in [2.24, 2.45) is 11.3 Å². The topological polar surface area (TPSA) is 58.4 Å². The standard InChI is InChI=1S/C14H23N3O/c1-5-11-6-8-12(9-7-11)17(4)10-14(2,3)13(18)16-15/h6-9H,5,10,15H2,1-4H3,(H,16,18). The van der Waals surface area contributed by atoms with E-state index < -0.39 is 5.41 Å². The van der Waals surface area contributed by atoms with Crippen LogP contribution < -0.4 is 16.2 Å². The van der Waals surface area contributed by atoms with Crippen molar-refractivity contribution in [2.45, 2.75) is 27.2 Å². The summed E-state index contributed by atoms with van der Waals surface area (Å²) in [4.78, 5) is 13.7. The van der Waals surface area contributed by atoms with Gasteiger partial charge in [0.25, 0.3) is 0 Å². The zero-order chi connectivity index (χ0) is 13.8. The van der Waals surface area contributed by atoms with Gasteiger partial charge in [0, 0.05) is 19.3 Å². The molecule has 100 valence electrons. The second-order valence-electron chi connectivity index (χ2n) is 5.23. The highest BCUT2D eigenvalue weighted by atomic mass is 16.2. The molecular formula is C14H23N3O. The molecule has 0 spiro atoms. The molecule has 0 aliphatic heterocycles. The zero-order valence-electron chi connectivity index (χ0n) is 11.7. The van der Waals surface area contributed by atoms with Gasteiger partial charge < -0.3 is 4.90 Å². The van der Waals surface area contributed by atoms with Gasteiger partial charge in [-0.25, -0.2) is 5.84 Å². The fourth-order valence-corrected chi connectivity index (χ4v) is 1.94. The molecule has 1 rings (SSSR count). The molecule has 0 saturated heterocycles. The number of nitrogens with one attached hydrogen (secondary N) is 1. The molecule has 0 unspecified atom stereocenters. The van der Waals surface area contributed by atoms with Crippen LogP contribution in [0.1, 0.15) is 26.3 Å². The third-order valence-electron chi connectivity index (χ3n) is 3.16. The Bertz CT molecular complexity index is 398. The van der Waals surface area contributed by atoms with E-state index in [1.54, 1.807) is 0 Å². The third kappa shape index (κ3) is 3.47. The molecule has 0 bridgehead atoms. The molecule has 0 saturated carbocycles. The van der Waals surface area contributed by atoms with Crippen LogP contribution in [0.15, 0.2) is 24.3 Å². The summed E-state index contributed by atoms with van der Waals surface area (Å²) in [6, 6.07) is 8.38. The Morgan fingerprint density at radius 2 is 1.89 bits per heavy atom. The van der Waals surface area contributed by atoms with Crippen LogP contribution in [0.2, 0.25) is 0 Å². The fourth-order valence-electron chi connectivity index (χ4n) is 1.94. The molecule has 4 heteroatoms. The van der Waals surface area contributed by atoms with E-state index in [4.69, 9.17) is 5.84 Å². The molecule has 1 aromatic rings. The maximum atomic E-state index is 11.6. The van der Waals surface area contributed by atoms with Crippen LogP contribution in [0.3, 0.4) is 0 Å². The van der Waals surface area contributed by atoms with Gasteiger partial charge in [-0.05, 0) is 38.0 Å². The van der Waals surface area contributed by atoms with Crippen LogP contribution in [0.25, 0.3) is 0 Å². The molecule has 1 aromatic carbocycles. The Labute approximate surface area is 109 Å². The highest BCUT2D eigenvalue weighted by Gasteiger charge is 2.28. The average Bonchev–Trinajstić information content (AvgIpc) is 2.37. The van der Waals surface area contributed by atoms with E-state index in [-0.39, 0.29) is 5.91 Å². The van der Waals surface area contributed by atoms with Gasteiger partial charge in [0.1, 0.15) is 0 Å². The Morgan fingerprint density at radius 1 is 1.33 bits per heavy atom. The van der Waals surface area contributed by atoms with Crippen molar-refractivity contribution in [2.75, 3.05) is 18.5 Å². The average molecular weight is 249 g/mol. The summed E-state index contributed by atoms with van der Waals surface area (Å²) in [6.45, 7) is 6.51. The number of hydrogen-bond acceptors (Lipinski definition) is 3. The van der Waals surface area contributed by atoms with Gasteiger partial charge in [-0.2, -0.15) is 0 Å². The highest BCUT2D eigenvalue weighted by Crippen LogP contribution is 2.21. The number of nitrogens with two attached hydrogens (primary N) is 1. The smallest absolute Gasteiger partial charge is 0.241 e. The van der Waals surface area contributed by atoms with Crippen molar-refractivity contribution >= 4 is 11.6 Å². The summed E-state index contributed by atoms with van der Waals surface area (Å²) < 4.78 is 0. The molecule has 0 aliphatic rings. The second-order valence-corrected chi connectivity index (χ2v) is 5.23. The summed E-state index contributed by atoms with van der Waals surface area (Å²) >= 11 is 0. The molecule has 1 amide bonds. The van der Waals surface area contributed by atoms with Crippen molar-refractivity contribution < 1.29 is 4.79 Å². The minimum absolute atomic E-state index is 0.153. The quantitative estimate of drug-likeness (QED) is 0.474. The number of hydrogen-bond donors (Lipinski definition) is 2. The van der Waals surface area contributed by atoms with Crippen molar-refractivity contribution in [3.05, 3.63) is 29.8 Å². The number of amides is 1. The number of carbonyl (C=O) groups excluding carboxylic acids is 1. The number of rotatable bonds is 5. The largest absolute Gasteiger partial charge is 0.374 e. The Balaban J connectivity index is 2.75. The van der Waals surface area contributed by atoms with Gasteiger partial charge in [-0.3, -0.25) is 10.2 Å². The van der Waals surface area contributed by atoms with Gasteiger partial charge in [-0.15, -0.1) is 0 Å². The Kier molecular flexibility index (Phi) is 4.73. The highest BCUT2D eigenvalue weighted by molar-refractivity contribution is 5.81. The van der Waals surface area contributed by atoms with Gasteiger partial charge >= 0.3 is 0 Å². The fraction of sp³-hybridized carbons (Fsp3) is 0.500. The third-order valence-corrected chi connectivity index (χ3v) is 3.16. The molecule has 0 heterocycles. The Hall–Kier alpha value is -1.55. The lowest BCUT2D eigenvalue weighted by Gasteiger charge is -2.30. The SMILES string of the molecule is CCc1ccc(N(C)CC(C)(C)C(=O)NN)cc1. The van der Waals surface area contributed by atoms with Gasteiger partial charge in [-0.1, -0.05) is 19.1 Å². The first-order valence-electron chi connectivity index (χ1n) is 6.22. The summed E-state index contributed by atoms with van der Waals surface area (Å²) in [5, 5.41) is 0. The van der Waals surface area contributed by atoms with Crippen LogP contribution in [0.5, 0.6) is 0 Å². The molecule has 3 N–H and O–H groups in total. The monoisotopic (exact) mass is 249 g/mol. The molecular weight excluding hydrogens is 226 g/mol. The van der Waals surface area contributed by atoms with Crippen LogP contribution >= 0.6 is 0 Å². The van der Waals surface area contributed by atoms with Gasteiger partial charge in [0.2, 0.25) is 5.91 Å². The van der Waals surface area contributed by atoms with Crippen molar-refractivity contribution in [1.82, 2.24) is 5.43 Å². The first-order chi connectivity index (χ1) is 8.40. The maximum absolute atomic E-state index is 11.6. The normalized spacial score (nSPS) is 11.2. The predicted molar refractivity (Wildman–Crippen MR) is 75.2 cm³/mol. The maximum Gasteiger partial charge on any atom is 0.241 e. The summed E-state index contributed by atoms with van der Waals surface area (Å²) in [7, 11) is 1.98. The molecule has 0 aromatic heterocycles. The van der Waals surface area contributed by atoms with Crippen LogP contribution in [0, 0.1) is 5.41 Å². The van der Waals surface area contributed by atoms with Crippen molar-refractivity contribution in [1.29, 1.82) is 0 Å². The minimum atomic E-state index is -0.521. The van der Waals surface area contributed by atoms with Gasteiger partial charge in [0.05, 0.1) is 5.41 Å². The summed E-state index contributed by atoms with van der Waals surface area (Å²) in [5.41, 5.74) is 4.11. The molecule has 18 heavy (non-hydrogen) atoms. The molecule has 0 aliphatic carbocycles. The van der Waals surface area contributed by atoms with E-state index in [0.29, 0.717) is 6.54 Å². The number of aryl methyl sites for hydroxylation is 1. The van der Waals surface area contributed by atoms with Gasteiger partial charge in [0.15, 0.2) is 0 Å². The van der Waals surface area contributed by atoms with E-state index >= 15 is 0 Å². The van der Waals surface area contributed by atoms with Crippen LogP contribution in [-0.4, -0.2) is 19.5 Å². The van der Waals surface area contributed by atoms with E-state index in [2.05, 4.69) is 41.5 Å². The number of nitrogens with zero attached hydrogens (tertiary/aromatic N) is 1. The van der Waals surface area contributed by atoms with E-state index in [9.17, 15) is 4.79 Å². The Morgan fingerprint density at radius 3 is 2.33 bits per heavy atom. The summed E-state index contributed by atoms with van der Waals surface area (Å²) in [6.07, 6.45) is 1.03. The lowest BCUT2D eigenvalue weighted by atomic mass is 9.92. The van der Waals surface area contributed by atoms with Crippen molar-refractivity contribution in [3.8, 4) is 0 Å². The van der Waals surface area contributed by atoms with Crippen molar-refractivity contribution in [3.63, 3.8) is 0 Å². The summed E-state index contributed by atoms with van der Waals surface area (Å²) in [5.74, 6) is 5.04. The predicted octanol–water partition coefficient (Wildman–Crippen LogP) is 1.70. The number of anilines is 1. The minimum Gasteiger partial charge on any atom is -0.374 e. The molecule has 0 radical (unpaired) electrons. The number of carbonyl (C=O) groups is 1. The van der Waals surface area contributed by atoms with Crippen LogP contribution in [-0.2, 0) is 11.2 Å². The number of benzene rings is 1.